The second-order valence-electron chi connectivity index (χ2n) is 5.08. The summed E-state index contributed by atoms with van der Waals surface area (Å²) in [5, 5.41) is 0. The van der Waals surface area contributed by atoms with Crippen molar-refractivity contribution in [1.82, 2.24) is 0 Å². The molecule has 0 atom stereocenters. The Kier molecular flexibility index (Phi) is 9.40. The van der Waals surface area contributed by atoms with Gasteiger partial charge in [0.05, 0.1) is 0 Å². The van der Waals surface area contributed by atoms with Crippen molar-refractivity contribution in [3.05, 3.63) is 29.8 Å². The Morgan fingerprint density at radius 1 is 1.10 bits per heavy atom. The van der Waals surface area contributed by atoms with E-state index in [2.05, 4.69) is 31.7 Å². The molecule has 1 aromatic carbocycles. The number of nitrogens with zero attached hydrogens (tertiary/aromatic N) is 1. The molecule has 0 aromatic heterocycles. The third-order valence-electron chi connectivity index (χ3n) is 3.43. The lowest BCUT2D eigenvalue weighted by atomic mass is 10.0. The van der Waals surface area contributed by atoms with E-state index in [4.69, 9.17) is 25.0 Å². The highest BCUT2D eigenvalue weighted by atomic mass is 32.1. The molecular weight excluding hydrogens is 302 g/mol. The van der Waals surface area contributed by atoms with Gasteiger partial charge in [0.25, 0.3) is 0 Å². The van der Waals surface area contributed by atoms with E-state index in [1.165, 1.54) is 50.5 Å². The SMILES string of the molecule is CCCCCCCCCc1ccccc1N([S-])C(=S)S. The fraction of sp³-hybridized carbons (Fsp3) is 0.562. The van der Waals surface area contributed by atoms with E-state index in [-0.39, 0.29) is 0 Å². The molecule has 1 aromatic rings. The van der Waals surface area contributed by atoms with Crippen LogP contribution in [0.15, 0.2) is 24.3 Å². The number of rotatable bonds is 9. The maximum absolute atomic E-state index is 5.28. The van der Waals surface area contributed by atoms with Crippen LogP contribution in [0.25, 0.3) is 0 Å². The van der Waals surface area contributed by atoms with Gasteiger partial charge in [-0.25, -0.2) is 0 Å². The zero-order valence-electron chi connectivity index (χ0n) is 12.2. The summed E-state index contributed by atoms with van der Waals surface area (Å²) >= 11 is 14.5. The molecule has 0 spiro atoms. The number of thiocarbonyl (C=S) groups is 1. The molecule has 4 heteroatoms. The smallest absolute Gasteiger partial charge is 0.115 e. The first-order valence-electron chi connectivity index (χ1n) is 7.45. The third kappa shape index (κ3) is 6.51. The minimum absolute atomic E-state index is 0.437. The summed E-state index contributed by atoms with van der Waals surface area (Å²) in [6.45, 7) is 2.25. The fourth-order valence-electron chi connectivity index (χ4n) is 2.30. The molecule has 0 saturated carbocycles. The van der Waals surface area contributed by atoms with Crippen LogP contribution >= 0.6 is 24.8 Å². The van der Waals surface area contributed by atoms with E-state index >= 15 is 0 Å². The number of hydrogen-bond donors (Lipinski definition) is 1. The van der Waals surface area contributed by atoms with Gasteiger partial charge in [-0.3, -0.25) is 0 Å². The van der Waals surface area contributed by atoms with Crippen LogP contribution in [0.3, 0.4) is 0 Å². The molecule has 0 unspecified atom stereocenters. The van der Waals surface area contributed by atoms with Crippen molar-refractivity contribution in [2.75, 3.05) is 4.31 Å². The molecule has 0 aliphatic heterocycles. The Morgan fingerprint density at radius 2 is 1.70 bits per heavy atom. The highest BCUT2D eigenvalue weighted by Crippen LogP contribution is 2.23. The van der Waals surface area contributed by atoms with E-state index < -0.39 is 0 Å². The average Bonchev–Trinajstić information content (AvgIpc) is 2.46. The second-order valence-corrected chi connectivity index (χ2v) is 6.56. The predicted molar refractivity (Wildman–Crippen MR) is 99.6 cm³/mol. The first-order valence-corrected chi connectivity index (χ1v) is 8.67. The summed E-state index contributed by atoms with van der Waals surface area (Å²) in [4.78, 5) is 0. The third-order valence-corrected chi connectivity index (χ3v) is 4.45. The molecule has 0 fully saturated rings. The average molecular weight is 327 g/mol. The summed E-state index contributed by atoms with van der Waals surface area (Å²) in [5.74, 6) is 0. The van der Waals surface area contributed by atoms with Gasteiger partial charge in [-0.05, 0) is 24.5 Å². The van der Waals surface area contributed by atoms with E-state index in [1.807, 2.05) is 12.1 Å². The van der Waals surface area contributed by atoms with Crippen molar-refractivity contribution in [3.8, 4) is 0 Å². The van der Waals surface area contributed by atoms with Gasteiger partial charge in [0.1, 0.15) is 4.32 Å². The quantitative estimate of drug-likeness (QED) is 0.278. The van der Waals surface area contributed by atoms with E-state index in [0.717, 1.165) is 12.1 Å². The number of aryl methyl sites for hydroxylation is 1. The van der Waals surface area contributed by atoms with Crippen LogP contribution in [-0.4, -0.2) is 4.32 Å². The van der Waals surface area contributed by atoms with Crippen LogP contribution in [0.4, 0.5) is 5.69 Å². The Hall–Kier alpha value is -0.190. The first-order chi connectivity index (χ1) is 9.66. The number of benzene rings is 1. The van der Waals surface area contributed by atoms with Crippen LogP contribution in [-0.2, 0) is 19.2 Å². The molecule has 0 radical (unpaired) electrons. The normalized spacial score (nSPS) is 10.6. The fourth-order valence-corrected chi connectivity index (χ4v) is 2.68. The van der Waals surface area contributed by atoms with Gasteiger partial charge in [-0.15, -0.1) is 12.6 Å². The van der Waals surface area contributed by atoms with Gasteiger partial charge >= 0.3 is 0 Å². The molecule has 1 nitrogen and oxygen atoms in total. The zero-order valence-corrected chi connectivity index (χ0v) is 14.7. The molecule has 0 N–H and O–H groups in total. The summed E-state index contributed by atoms with van der Waals surface area (Å²) in [6, 6.07) is 8.21. The van der Waals surface area contributed by atoms with Crippen molar-refractivity contribution in [2.45, 2.75) is 58.3 Å². The molecule has 112 valence electrons. The van der Waals surface area contributed by atoms with Gasteiger partial charge in [0, 0.05) is 5.69 Å². The molecule has 0 heterocycles. The number of thiol groups is 1. The number of unbranched alkanes of at least 4 members (excludes halogenated alkanes) is 6. The highest BCUT2D eigenvalue weighted by molar-refractivity contribution is 8.12. The Balaban J connectivity index is 2.38. The van der Waals surface area contributed by atoms with Gasteiger partial charge in [-0.1, -0.05) is 75.9 Å². The minimum atomic E-state index is 0.437. The van der Waals surface area contributed by atoms with Crippen molar-refractivity contribution < 1.29 is 0 Å². The summed E-state index contributed by atoms with van der Waals surface area (Å²) in [6.07, 6.45) is 10.3. The van der Waals surface area contributed by atoms with Crippen molar-refractivity contribution in [2.24, 2.45) is 0 Å². The van der Waals surface area contributed by atoms with Gasteiger partial charge < -0.3 is 17.1 Å². The lowest BCUT2D eigenvalue weighted by Gasteiger charge is -2.32. The first kappa shape index (κ1) is 17.9. The molecule has 0 amide bonds. The predicted octanol–water partition coefficient (Wildman–Crippen LogP) is 5.46. The highest BCUT2D eigenvalue weighted by Gasteiger charge is 2.03. The Morgan fingerprint density at radius 3 is 2.35 bits per heavy atom. The Labute approximate surface area is 140 Å². The summed E-state index contributed by atoms with van der Waals surface area (Å²) < 4.78 is 2.00. The zero-order chi connectivity index (χ0) is 14.8. The lowest BCUT2D eigenvalue weighted by Crippen LogP contribution is -2.18. The van der Waals surface area contributed by atoms with Crippen molar-refractivity contribution in [3.63, 3.8) is 0 Å². The molecule has 0 aliphatic carbocycles. The standard InChI is InChI=1S/C16H24NS3/c1-2-3-4-5-6-7-8-11-14-12-9-10-13-15(14)17(20)16(18)19/h9-10,12-13H,2-8,11H2,1H3,(H,18,19)/q-1. The van der Waals surface area contributed by atoms with Crippen LogP contribution in [0.2, 0.25) is 0 Å². The van der Waals surface area contributed by atoms with E-state index in [1.54, 1.807) is 4.31 Å². The van der Waals surface area contributed by atoms with Crippen LogP contribution in [0.1, 0.15) is 57.4 Å². The maximum atomic E-state index is 5.28. The second kappa shape index (κ2) is 10.5. The number of anilines is 1. The minimum Gasteiger partial charge on any atom is -0.659 e. The van der Waals surface area contributed by atoms with Gasteiger partial charge in [-0.2, -0.15) is 0 Å². The molecule has 0 bridgehead atoms. The van der Waals surface area contributed by atoms with Crippen molar-refractivity contribution >= 4 is 47.7 Å². The van der Waals surface area contributed by atoms with Gasteiger partial charge in [0.2, 0.25) is 0 Å². The molecule has 1 rings (SSSR count). The van der Waals surface area contributed by atoms with Gasteiger partial charge in [0.15, 0.2) is 0 Å². The van der Waals surface area contributed by atoms with Crippen molar-refractivity contribution in [1.29, 1.82) is 0 Å². The summed E-state index contributed by atoms with van der Waals surface area (Å²) in [5.41, 5.74) is 2.28. The molecule has 0 saturated heterocycles. The molecule has 20 heavy (non-hydrogen) atoms. The molecular formula is C16H24NS3-. The topological polar surface area (TPSA) is 3.24 Å². The molecule has 0 aliphatic rings. The number of para-hydroxylation sites is 1. The van der Waals surface area contributed by atoms with Crippen LogP contribution in [0, 0.1) is 0 Å². The maximum Gasteiger partial charge on any atom is 0.115 e. The van der Waals surface area contributed by atoms with E-state index in [0.29, 0.717) is 4.32 Å². The summed E-state index contributed by atoms with van der Waals surface area (Å²) in [7, 11) is 0. The number of hydrogen-bond acceptors (Lipinski definition) is 2. The van der Waals surface area contributed by atoms with Crippen LogP contribution < -0.4 is 4.31 Å². The largest absolute Gasteiger partial charge is 0.659 e. The van der Waals surface area contributed by atoms with E-state index in [9.17, 15) is 0 Å². The Bertz CT molecular complexity index is 406. The monoisotopic (exact) mass is 326 g/mol. The lowest BCUT2D eigenvalue weighted by molar-refractivity contribution is 0.589. The van der Waals surface area contributed by atoms with Crippen LogP contribution in [0.5, 0.6) is 0 Å².